The van der Waals surface area contributed by atoms with Crippen molar-refractivity contribution in [2.75, 3.05) is 13.2 Å². The second-order valence-electron chi connectivity index (χ2n) is 11.9. The molecule has 0 bridgehead atoms. The lowest BCUT2D eigenvalue weighted by atomic mass is 9.94. The highest BCUT2D eigenvalue weighted by Crippen LogP contribution is 2.21. The van der Waals surface area contributed by atoms with Crippen molar-refractivity contribution in [3.8, 4) is 11.1 Å². The largest absolute Gasteiger partial charge is 0.466 e. The highest BCUT2D eigenvalue weighted by molar-refractivity contribution is 5.87. The Kier molecular flexibility index (Phi) is 14.9. The maximum absolute atomic E-state index is 13.0. The number of benzene rings is 2. The Balaban J connectivity index is 2.03. The molecule has 3 atom stereocenters. The van der Waals surface area contributed by atoms with Crippen LogP contribution < -0.4 is 16.4 Å². The molecule has 0 unspecified atom stereocenters. The van der Waals surface area contributed by atoms with Crippen molar-refractivity contribution >= 4 is 23.8 Å². The third-order valence-electron chi connectivity index (χ3n) is 6.79. The fraction of sp³-hybridized carbons (Fsp3) is 0.529. The number of ether oxygens (including phenoxy) is 2. The predicted octanol–water partition coefficient (Wildman–Crippen LogP) is 4.71. The first-order valence-corrected chi connectivity index (χ1v) is 15.2. The van der Waals surface area contributed by atoms with Crippen LogP contribution in [0.1, 0.15) is 78.7 Å². The smallest absolute Gasteiger partial charge is 0.329 e. The third kappa shape index (κ3) is 13.9. The van der Waals surface area contributed by atoms with Gasteiger partial charge in [-0.05, 0) is 83.0 Å². The quantitative estimate of drug-likeness (QED) is 0.178. The Hall–Kier alpha value is -3.72. The van der Waals surface area contributed by atoms with E-state index in [1.807, 2.05) is 54.6 Å². The summed E-state index contributed by atoms with van der Waals surface area (Å²) in [6.45, 7) is 9.62. The van der Waals surface area contributed by atoms with Crippen LogP contribution in [0.2, 0.25) is 0 Å². The highest BCUT2D eigenvalue weighted by Gasteiger charge is 2.27. The maximum Gasteiger partial charge on any atom is 0.329 e. The summed E-state index contributed by atoms with van der Waals surface area (Å²) in [6, 6.07) is 17.0. The minimum atomic E-state index is -0.807. The molecule has 236 valence electrons. The summed E-state index contributed by atoms with van der Waals surface area (Å²) in [4.78, 5) is 50.7. The van der Waals surface area contributed by atoms with Crippen molar-refractivity contribution in [3.63, 3.8) is 0 Å². The molecule has 4 N–H and O–H groups in total. The van der Waals surface area contributed by atoms with Crippen molar-refractivity contribution in [1.82, 2.24) is 10.6 Å². The monoisotopic (exact) mass is 595 g/mol. The first kappa shape index (κ1) is 35.5. The molecule has 0 aliphatic carbocycles. The van der Waals surface area contributed by atoms with E-state index in [4.69, 9.17) is 15.2 Å². The average molecular weight is 596 g/mol. The van der Waals surface area contributed by atoms with Crippen LogP contribution in [-0.4, -0.2) is 54.6 Å². The molecule has 0 saturated carbocycles. The lowest BCUT2D eigenvalue weighted by molar-refractivity contribution is -0.159. The molecule has 0 spiro atoms. The van der Waals surface area contributed by atoms with E-state index in [2.05, 4.69) is 10.6 Å². The molecular formula is C34H49N3O6. The molecule has 0 aromatic heterocycles. The number of nitrogens with one attached hydrogen (secondary N) is 2. The molecule has 2 rings (SSSR count). The van der Waals surface area contributed by atoms with E-state index in [1.165, 1.54) is 0 Å². The zero-order valence-electron chi connectivity index (χ0n) is 26.3. The summed E-state index contributed by atoms with van der Waals surface area (Å²) in [5.74, 6) is -1.96. The fourth-order valence-corrected chi connectivity index (χ4v) is 4.66. The van der Waals surface area contributed by atoms with Crippen molar-refractivity contribution in [3.05, 3.63) is 60.2 Å². The van der Waals surface area contributed by atoms with E-state index >= 15 is 0 Å². The molecule has 2 amide bonds. The molecule has 9 nitrogen and oxygen atoms in total. The van der Waals surface area contributed by atoms with Gasteiger partial charge in [0.05, 0.1) is 12.5 Å². The van der Waals surface area contributed by atoms with Crippen molar-refractivity contribution < 1.29 is 28.7 Å². The van der Waals surface area contributed by atoms with Gasteiger partial charge in [0.1, 0.15) is 11.6 Å². The number of nitrogens with two attached hydrogens (primary N) is 1. The van der Waals surface area contributed by atoms with E-state index in [0.717, 1.165) is 23.1 Å². The van der Waals surface area contributed by atoms with Gasteiger partial charge < -0.3 is 25.8 Å². The normalized spacial score (nSPS) is 13.3. The summed E-state index contributed by atoms with van der Waals surface area (Å²) >= 11 is 0. The number of carbonyl (C=O) groups excluding carboxylic acids is 4. The van der Waals surface area contributed by atoms with Crippen LogP contribution in [0.4, 0.5) is 0 Å². The number of hydrogen-bond donors (Lipinski definition) is 3. The zero-order chi connectivity index (χ0) is 31.8. The van der Waals surface area contributed by atoms with Crippen LogP contribution in [0.3, 0.4) is 0 Å². The molecule has 0 saturated heterocycles. The molecular weight excluding hydrogens is 546 g/mol. The van der Waals surface area contributed by atoms with E-state index in [9.17, 15) is 19.2 Å². The van der Waals surface area contributed by atoms with Crippen LogP contribution in [-0.2, 0) is 35.1 Å². The zero-order valence-corrected chi connectivity index (χ0v) is 26.3. The summed E-state index contributed by atoms with van der Waals surface area (Å²) < 4.78 is 10.6. The lowest BCUT2D eigenvalue weighted by Crippen LogP contribution is -2.44. The van der Waals surface area contributed by atoms with Crippen molar-refractivity contribution in [1.29, 1.82) is 0 Å². The number of esters is 2. The summed E-state index contributed by atoms with van der Waals surface area (Å²) in [6.07, 6.45) is 2.53. The molecule has 2 aromatic carbocycles. The first-order valence-electron chi connectivity index (χ1n) is 15.2. The standard InChI is InChI=1S/C34H49N3O6/c1-6-42-32(40)24(2)22-28(23-25-15-17-27(18-16-25)26-12-8-7-9-13-26)36-30(38)19-20-31(39)37-29(14-10-11-21-35)33(41)43-34(3,4)5/h7-9,12-13,15-18,24,28-29H,6,10-11,14,19-23,35H2,1-5H3,(H,36,38)(H,37,39)/t24-,28+,29+/m1/s1. The van der Waals surface area contributed by atoms with E-state index in [0.29, 0.717) is 32.2 Å². The summed E-state index contributed by atoms with van der Waals surface area (Å²) in [5, 5.41) is 5.74. The van der Waals surface area contributed by atoms with E-state index < -0.39 is 29.4 Å². The van der Waals surface area contributed by atoms with Gasteiger partial charge in [-0.1, -0.05) is 61.5 Å². The van der Waals surface area contributed by atoms with Gasteiger partial charge in [-0.3, -0.25) is 14.4 Å². The Bertz CT molecular complexity index is 1160. The third-order valence-corrected chi connectivity index (χ3v) is 6.79. The van der Waals surface area contributed by atoms with Crippen molar-refractivity contribution in [2.45, 2.75) is 97.2 Å². The predicted molar refractivity (Wildman–Crippen MR) is 168 cm³/mol. The molecule has 0 fully saturated rings. The Morgan fingerprint density at radius 3 is 2.02 bits per heavy atom. The van der Waals surface area contributed by atoms with Gasteiger partial charge in [-0.15, -0.1) is 0 Å². The van der Waals surface area contributed by atoms with Gasteiger partial charge in [-0.25, -0.2) is 4.79 Å². The molecule has 9 heteroatoms. The number of unbranched alkanes of at least 4 members (excludes halogenated alkanes) is 1. The van der Waals surface area contributed by atoms with Gasteiger partial charge in [0.2, 0.25) is 11.8 Å². The Morgan fingerprint density at radius 1 is 0.837 bits per heavy atom. The SMILES string of the molecule is CCOC(=O)[C@H](C)C[C@@H](Cc1ccc(-c2ccccc2)cc1)NC(=O)CCC(=O)N[C@@H](CCCCN)C(=O)OC(C)(C)C. The Labute approximate surface area is 256 Å². The van der Waals surface area contributed by atoms with Crippen LogP contribution in [0.5, 0.6) is 0 Å². The topological polar surface area (TPSA) is 137 Å². The summed E-state index contributed by atoms with van der Waals surface area (Å²) in [5.41, 5.74) is 8.10. The molecule has 43 heavy (non-hydrogen) atoms. The molecule has 2 aromatic rings. The van der Waals surface area contributed by atoms with Crippen LogP contribution in [0.25, 0.3) is 11.1 Å². The van der Waals surface area contributed by atoms with E-state index in [1.54, 1.807) is 34.6 Å². The van der Waals surface area contributed by atoms with E-state index in [-0.39, 0.29) is 37.4 Å². The second kappa shape index (κ2) is 18.1. The van der Waals surface area contributed by atoms with Crippen LogP contribution >= 0.6 is 0 Å². The second-order valence-corrected chi connectivity index (χ2v) is 11.9. The number of carbonyl (C=O) groups is 4. The lowest BCUT2D eigenvalue weighted by Gasteiger charge is -2.25. The van der Waals surface area contributed by atoms with Gasteiger partial charge in [0, 0.05) is 18.9 Å². The van der Waals surface area contributed by atoms with Crippen LogP contribution in [0, 0.1) is 5.92 Å². The maximum atomic E-state index is 13.0. The number of amides is 2. The fourth-order valence-electron chi connectivity index (χ4n) is 4.66. The average Bonchev–Trinajstić information content (AvgIpc) is 2.95. The van der Waals surface area contributed by atoms with Gasteiger partial charge in [0.15, 0.2) is 0 Å². The molecule has 0 aliphatic rings. The number of rotatable bonds is 17. The molecule has 0 aliphatic heterocycles. The highest BCUT2D eigenvalue weighted by atomic mass is 16.6. The van der Waals surface area contributed by atoms with Gasteiger partial charge in [-0.2, -0.15) is 0 Å². The summed E-state index contributed by atoms with van der Waals surface area (Å²) in [7, 11) is 0. The Morgan fingerprint density at radius 2 is 1.44 bits per heavy atom. The van der Waals surface area contributed by atoms with Gasteiger partial charge >= 0.3 is 11.9 Å². The molecule has 0 heterocycles. The van der Waals surface area contributed by atoms with Gasteiger partial charge in [0.25, 0.3) is 0 Å². The minimum absolute atomic E-state index is 0.0626. The van der Waals surface area contributed by atoms with Crippen LogP contribution in [0.15, 0.2) is 54.6 Å². The molecule has 0 radical (unpaired) electrons. The first-order chi connectivity index (χ1) is 20.4. The minimum Gasteiger partial charge on any atom is -0.466 e. The number of hydrogen-bond acceptors (Lipinski definition) is 7. The van der Waals surface area contributed by atoms with Crippen molar-refractivity contribution in [2.24, 2.45) is 11.7 Å².